The summed E-state index contributed by atoms with van der Waals surface area (Å²) in [6, 6.07) is 3.79. The zero-order valence-electron chi connectivity index (χ0n) is 13.3. The summed E-state index contributed by atoms with van der Waals surface area (Å²) in [7, 11) is 6.00. The number of nitrogens with one attached hydrogen (secondary N) is 1. The summed E-state index contributed by atoms with van der Waals surface area (Å²) in [5.74, 6) is -0.981. The Labute approximate surface area is 126 Å². The van der Waals surface area contributed by atoms with Gasteiger partial charge < -0.3 is 10.2 Å². The van der Waals surface area contributed by atoms with E-state index in [1.165, 1.54) is 18.9 Å². The van der Waals surface area contributed by atoms with E-state index in [0.717, 1.165) is 31.7 Å². The molecule has 1 saturated carbocycles. The molecule has 1 aliphatic rings. The maximum Gasteiger partial charge on any atom is 0.130 e. The van der Waals surface area contributed by atoms with Gasteiger partial charge in [0.25, 0.3) is 0 Å². The minimum atomic E-state index is -0.522. The van der Waals surface area contributed by atoms with Crippen molar-refractivity contribution < 1.29 is 8.78 Å². The van der Waals surface area contributed by atoms with Gasteiger partial charge in [-0.1, -0.05) is 31.7 Å². The number of benzene rings is 1. The minimum Gasteiger partial charge on any atom is -0.311 e. The molecule has 1 fully saturated rings. The molecule has 0 spiro atoms. The zero-order chi connectivity index (χ0) is 15.5. The van der Waals surface area contributed by atoms with Gasteiger partial charge in [0.2, 0.25) is 0 Å². The molecule has 0 saturated heterocycles. The van der Waals surface area contributed by atoms with Crippen molar-refractivity contribution in [2.45, 2.75) is 50.1 Å². The van der Waals surface area contributed by atoms with E-state index in [1.54, 1.807) is 6.07 Å². The van der Waals surface area contributed by atoms with Crippen LogP contribution in [0.5, 0.6) is 0 Å². The van der Waals surface area contributed by atoms with E-state index in [1.807, 2.05) is 7.05 Å². The van der Waals surface area contributed by atoms with Gasteiger partial charge in [0.15, 0.2) is 0 Å². The molecule has 118 valence electrons. The van der Waals surface area contributed by atoms with E-state index in [4.69, 9.17) is 0 Å². The third kappa shape index (κ3) is 3.27. The van der Waals surface area contributed by atoms with Gasteiger partial charge in [-0.25, -0.2) is 8.78 Å². The van der Waals surface area contributed by atoms with Crippen LogP contribution in [0.2, 0.25) is 0 Å². The predicted octanol–water partition coefficient (Wildman–Crippen LogP) is 3.88. The second-order valence-corrected chi connectivity index (χ2v) is 6.30. The number of hydrogen-bond acceptors (Lipinski definition) is 2. The molecule has 1 N–H and O–H groups in total. The predicted molar refractivity (Wildman–Crippen MR) is 82.3 cm³/mol. The van der Waals surface area contributed by atoms with Crippen LogP contribution >= 0.6 is 0 Å². The molecule has 4 heteroatoms. The smallest absolute Gasteiger partial charge is 0.130 e. The first-order valence-electron chi connectivity index (χ1n) is 7.81. The van der Waals surface area contributed by atoms with Gasteiger partial charge in [-0.3, -0.25) is 0 Å². The molecule has 1 atom stereocenters. The molecule has 0 amide bonds. The standard InChI is InChI=1S/C17H26F2N2/c1-20-16(14-9-8-13(18)12-15(14)19)17(21(2)3)10-6-4-5-7-11-17/h8-9,12,16,20H,4-7,10-11H2,1-3H3. The fraction of sp³-hybridized carbons (Fsp3) is 0.647. The summed E-state index contributed by atoms with van der Waals surface area (Å²) in [6.07, 6.45) is 6.83. The summed E-state index contributed by atoms with van der Waals surface area (Å²) in [5, 5.41) is 3.29. The van der Waals surface area contributed by atoms with Crippen LogP contribution in [-0.2, 0) is 0 Å². The maximum absolute atomic E-state index is 14.3. The topological polar surface area (TPSA) is 15.3 Å². The number of likely N-dealkylation sites (N-methyl/N-ethyl adjacent to an activating group) is 2. The molecule has 2 nitrogen and oxygen atoms in total. The summed E-state index contributed by atoms with van der Waals surface area (Å²) in [6.45, 7) is 0. The molecule has 0 radical (unpaired) electrons. The molecular formula is C17H26F2N2. The fourth-order valence-electron chi connectivity index (χ4n) is 3.78. The van der Waals surface area contributed by atoms with Crippen molar-refractivity contribution >= 4 is 0 Å². The van der Waals surface area contributed by atoms with Crippen LogP contribution in [0.3, 0.4) is 0 Å². The lowest BCUT2D eigenvalue weighted by Crippen LogP contribution is -2.53. The summed E-state index contributed by atoms with van der Waals surface area (Å²) in [4.78, 5) is 2.22. The third-order valence-corrected chi connectivity index (χ3v) is 4.96. The van der Waals surface area contributed by atoms with Crippen LogP contribution in [0, 0.1) is 11.6 Å². The highest BCUT2D eigenvalue weighted by atomic mass is 19.1. The lowest BCUT2D eigenvalue weighted by Gasteiger charge is -2.46. The Bertz CT molecular complexity index is 466. The molecule has 0 aromatic heterocycles. The minimum absolute atomic E-state index is 0.121. The molecule has 1 aromatic rings. The number of halogens is 2. The third-order valence-electron chi connectivity index (χ3n) is 4.96. The highest BCUT2D eigenvalue weighted by molar-refractivity contribution is 5.26. The molecule has 0 heterocycles. The van der Waals surface area contributed by atoms with Crippen LogP contribution < -0.4 is 5.32 Å². The van der Waals surface area contributed by atoms with Crippen LogP contribution in [0.4, 0.5) is 8.78 Å². The SMILES string of the molecule is CNC(c1ccc(F)cc1F)C1(N(C)C)CCCCCC1. The number of hydrogen-bond donors (Lipinski definition) is 1. The molecule has 21 heavy (non-hydrogen) atoms. The second kappa shape index (κ2) is 6.84. The van der Waals surface area contributed by atoms with Gasteiger partial charge in [-0.15, -0.1) is 0 Å². The Morgan fingerprint density at radius 3 is 2.19 bits per heavy atom. The van der Waals surface area contributed by atoms with Crippen LogP contribution in [0.15, 0.2) is 18.2 Å². The zero-order valence-corrected chi connectivity index (χ0v) is 13.3. The van der Waals surface area contributed by atoms with Gasteiger partial charge in [0.05, 0.1) is 6.04 Å². The molecule has 2 rings (SSSR count). The van der Waals surface area contributed by atoms with Gasteiger partial charge in [-0.05, 0) is 40.1 Å². The first-order chi connectivity index (χ1) is 10.0. The van der Waals surface area contributed by atoms with Crippen molar-refractivity contribution in [3.8, 4) is 0 Å². The van der Waals surface area contributed by atoms with Crippen molar-refractivity contribution in [3.05, 3.63) is 35.4 Å². The van der Waals surface area contributed by atoms with Gasteiger partial charge in [0, 0.05) is 17.2 Å². The average molecular weight is 296 g/mol. The largest absolute Gasteiger partial charge is 0.311 e. The Kier molecular flexibility index (Phi) is 5.33. The number of nitrogens with zero attached hydrogens (tertiary/aromatic N) is 1. The van der Waals surface area contributed by atoms with Crippen molar-refractivity contribution in [2.75, 3.05) is 21.1 Å². The van der Waals surface area contributed by atoms with E-state index in [-0.39, 0.29) is 11.6 Å². The summed E-state index contributed by atoms with van der Waals surface area (Å²) < 4.78 is 27.5. The van der Waals surface area contributed by atoms with Crippen LogP contribution in [0.1, 0.15) is 50.1 Å². The summed E-state index contributed by atoms with van der Waals surface area (Å²) in [5.41, 5.74) is 0.443. The lowest BCUT2D eigenvalue weighted by atomic mass is 9.78. The van der Waals surface area contributed by atoms with Crippen LogP contribution in [0.25, 0.3) is 0 Å². The van der Waals surface area contributed by atoms with E-state index >= 15 is 0 Å². The molecule has 1 aromatic carbocycles. The molecule has 0 bridgehead atoms. The molecular weight excluding hydrogens is 270 g/mol. The van der Waals surface area contributed by atoms with Crippen molar-refractivity contribution in [3.63, 3.8) is 0 Å². The van der Waals surface area contributed by atoms with Crippen molar-refractivity contribution in [1.82, 2.24) is 10.2 Å². The monoisotopic (exact) mass is 296 g/mol. The van der Waals surface area contributed by atoms with Gasteiger partial charge in [-0.2, -0.15) is 0 Å². The first kappa shape index (κ1) is 16.4. The highest BCUT2D eigenvalue weighted by Gasteiger charge is 2.42. The summed E-state index contributed by atoms with van der Waals surface area (Å²) >= 11 is 0. The van der Waals surface area contributed by atoms with E-state index in [9.17, 15) is 8.78 Å². The Balaban J connectivity index is 2.44. The normalized spacial score (nSPS) is 20.3. The second-order valence-electron chi connectivity index (χ2n) is 6.30. The van der Waals surface area contributed by atoms with E-state index in [0.29, 0.717) is 5.56 Å². The van der Waals surface area contributed by atoms with Gasteiger partial charge >= 0.3 is 0 Å². The molecule has 1 unspecified atom stereocenters. The van der Waals surface area contributed by atoms with E-state index < -0.39 is 11.6 Å². The van der Waals surface area contributed by atoms with Gasteiger partial charge in [0.1, 0.15) is 11.6 Å². The quantitative estimate of drug-likeness (QED) is 0.848. The molecule has 0 aliphatic heterocycles. The maximum atomic E-state index is 14.3. The van der Waals surface area contributed by atoms with E-state index in [2.05, 4.69) is 24.3 Å². The number of rotatable bonds is 4. The van der Waals surface area contributed by atoms with Crippen molar-refractivity contribution in [1.29, 1.82) is 0 Å². The Morgan fingerprint density at radius 1 is 1.10 bits per heavy atom. The van der Waals surface area contributed by atoms with Crippen molar-refractivity contribution in [2.24, 2.45) is 0 Å². The average Bonchev–Trinajstić information content (AvgIpc) is 2.69. The first-order valence-corrected chi connectivity index (χ1v) is 7.81. The van der Waals surface area contributed by atoms with Crippen LogP contribution in [-0.4, -0.2) is 31.6 Å². The Hall–Kier alpha value is -1.00. The Morgan fingerprint density at radius 2 is 1.71 bits per heavy atom. The fourth-order valence-corrected chi connectivity index (χ4v) is 3.78. The highest BCUT2D eigenvalue weighted by Crippen LogP contribution is 2.41. The molecule has 1 aliphatic carbocycles. The lowest BCUT2D eigenvalue weighted by molar-refractivity contribution is 0.0818.